The third kappa shape index (κ3) is 4.21. The first-order valence-electron chi connectivity index (χ1n) is 5.39. The normalized spacial score (nSPS) is 10.2. The average Bonchev–Trinajstić information content (AvgIpc) is 2.22. The first kappa shape index (κ1) is 13.0. The minimum atomic E-state index is -0.0809. The molecular formula is C12H17ClN2O. The number of rotatable bonds is 5. The molecule has 0 aliphatic carbocycles. The lowest BCUT2D eigenvalue weighted by Gasteiger charge is -2.06. The molecule has 0 aliphatic heterocycles. The van der Waals surface area contributed by atoms with Gasteiger partial charge < -0.3 is 11.1 Å². The molecule has 0 heterocycles. The zero-order valence-electron chi connectivity index (χ0n) is 9.42. The minimum Gasteiger partial charge on any atom is -0.352 e. The van der Waals surface area contributed by atoms with E-state index < -0.39 is 0 Å². The number of carbonyl (C=O) groups is 1. The van der Waals surface area contributed by atoms with Crippen molar-refractivity contribution >= 4 is 17.5 Å². The van der Waals surface area contributed by atoms with Crippen LogP contribution in [-0.4, -0.2) is 19.0 Å². The van der Waals surface area contributed by atoms with Gasteiger partial charge in [0.25, 0.3) is 5.91 Å². The number of aryl methyl sites for hydroxylation is 1. The third-order valence-corrected chi connectivity index (χ3v) is 2.44. The van der Waals surface area contributed by atoms with Crippen molar-refractivity contribution in [3.63, 3.8) is 0 Å². The van der Waals surface area contributed by atoms with E-state index in [9.17, 15) is 4.79 Å². The molecule has 1 amide bonds. The smallest absolute Gasteiger partial charge is 0.251 e. The van der Waals surface area contributed by atoms with E-state index in [1.807, 2.05) is 19.1 Å². The standard InChI is InChI=1S/C12H17ClN2O/c1-9-6-10(8-11(13)7-9)12(16)15-5-3-2-4-14/h6-8H,2-5,14H2,1H3,(H,15,16). The summed E-state index contributed by atoms with van der Waals surface area (Å²) in [7, 11) is 0. The topological polar surface area (TPSA) is 55.1 Å². The van der Waals surface area contributed by atoms with Gasteiger partial charge in [0, 0.05) is 17.1 Å². The predicted octanol–water partition coefficient (Wildman–Crippen LogP) is 2.12. The maximum Gasteiger partial charge on any atom is 0.251 e. The maximum absolute atomic E-state index is 11.7. The van der Waals surface area contributed by atoms with Crippen molar-refractivity contribution in [2.45, 2.75) is 19.8 Å². The van der Waals surface area contributed by atoms with E-state index in [0.29, 0.717) is 23.7 Å². The molecule has 0 saturated carbocycles. The van der Waals surface area contributed by atoms with Crippen molar-refractivity contribution < 1.29 is 4.79 Å². The van der Waals surface area contributed by atoms with Crippen LogP contribution in [0.2, 0.25) is 5.02 Å². The molecule has 0 aliphatic rings. The van der Waals surface area contributed by atoms with Crippen LogP contribution in [0.15, 0.2) is 18.2 Å². The van der Waals surface area contributed by atoms with Gasteiger partial charge in [0.05, 0.1) is 0 Å². The molecule has 1 aromatic carbocycles. The molecule has 1 rings (SSSR count). The van der Waals surface area contributed by atoms with E-state index in [2.05, 4.69) is 5.32 Å². The van der Waals surface area contributed by atoms with Gasteiger partial charge in [0.15, 0.2) is 0 Å². The van der Waals surface area contributed by atoms with Gasteiger partial charge in [-0.05, 0) is 50.1 Å². The van der Waals surface area contributed by atoms with Gasteiger partial charge in [-0.1, -0.05) is 11.6 Å². The Labute approximate surface area is 101 Å². The second-order valence-corrected chi connectivity index (χ2v) is 4.21. The number of benzene rings is 1. The first-order chi connectivity index (χ1) is 7.63. The molecule has 3 nitrogen and oxygen atoms in total. The monoisotopic (exact) mass is 240 g/mol. The van der Waals surface area contributed by atoms with Crippen molar-refractivity contribution in [3.8, 4) is 0 Å². The molecule has 1 aromatic rings. The highest BCUT2D eigenvalue weighted by molar-refractivity contribution is 6.31. The molecule has 0 aromatic heterocycles. The Balaban J connectivity index is 2.52. The number of halogens is 1. The Morgan fingerprint density at radius 3 is 2.75 bits per heavy atom. The van der Waals surface area contributed by atoms with Gasteiger partial charge >= 0.3 is 0 Å². The molecule has 0 fully saturated rings. The van der Waals surface area contributed by atoms with Crippen LogP contribution >= 0.6 is 11.6 Å². The van der Waals surface area contributed by atoms with E-state index in [1.54, 1.807) is 6.07 Å². The molecule has 0 bridgehead atoms. The minimum absolute atomic E-state index is 0.0809. The van der Waals surface area contributed by atoms with Crippen LogP contribution < -0.4 is 11.1 Å². The van der Waals surface area contributed by atoms with Crippen molar-refractivity contribution in [1.82, 2.24) is 5.32 Å². The molecule has 0 radical (unpaired) electrons. The fraction of sp³-hybridized carbons (Fsp3) is 0.417. The summed E-state index contributed by atoms with van der Waals surface area (Å²) in [6.07, 6.45) is 1.83. The lowest BCUT2D eigenvalue weighted by molar-refractivity contribution is 0.0953. The molecule has 0 unspecified atom stereocenters. The predicted molar refractivity (Wildman–Crippen MR) is 66.8 cm³/mol. The van der Waals surface area contributed by atoms with Crippen LogP contribution in [0, 0.1) is 6.92 Å². The number of nitrogens with one attached hydrogen (secondary N) is 1. The molecule has 0 saturated heterocycles. The summed E-state index contributed by atoms with van der Waals surface area (Å²) < 4.78 is 0. The molecule has 0 atom stereocenters. The van der Waals surface area contributed by atoms with Crippen LogP contribution in [-0.2, 0) is 0 Å². The van der Waals surface area contributed by atoms with Crippen LogP contribution in [0.4, 0.5) is 0 Å². The molecular weight excluding hydrogens is 224 g/mol. The highest BCUT2D eigenvalue weighted by Crippen LogP contribution is 2.14. The second-order valence-electron chi connectivity index (χ2n) is 3.77. The van der Waals surface area contributed by atoms with Crippen molar-refractivity contribution in [2.24, 2.45) is 5.73 Å². The van der Waals surface area contributed by atoms with Gasteiger partial charge in [0.1, 0.15) is 0 Å². The van der Waals surface area contributed by atoms with E-state index in [1.165, 1.54) is 0 Å². The number of hydrogen-bond donors (Lipinski definition) is 2. The van der Waals surface area contributed by atoms with E-state index in [0.717, 1.165) is 18.4 Å². The van der Waals surface area contributed by atoms with Gasteiger partial charge in [0.2, 0.25) is 0 Å². The molecule has 3 N–H and O–H groups in total. The van der Waals surface area contributed by atoms with Crippen molar-refractivity contribution in [3.05, 3.63) is 34.3 Å². The van der Waals surface area contributed by atoms with Gasteiger partial charge in [-0.15, -0.1) is 0 Å². The maximum atomic E-state index is 11.7. The lowest BCUT2D eigenvalue weighted by Crippen LogP contribution is -2.24. The zero-order valence-corrected chi connectivity index (χ0v) is 10.2. The first-order valence-corrected chi connectivity index (χ1v) is 5.76. The summed E-state index contributed by atoms with van der Waals surface area (Å²) >= 11 is 5.88. The van der Waals surface area contributed by atoms with Crippen LogP contribution in [0.5, 0.6) is 0 Å². The number of hydrogen-bond acceptors (Lipinski definition) is 2. The largest absolute Gasteiger partial charge is 0.352 e. The Morgan fingerprint density at radius 1 is 1.38 bits per heavy atom. The van der Waals surface area contributed by atoms with Crippen LogP contribution in [0.3, 0.4) is 0 Å². The molecule has 4 heteroatoms. The van der Waals surface area contributed by atoms with Crippen LogP contribution in [0.25, 0.3) is 0 Å². The SMILES string of the molecule is Cc1cc(Cl)cc(C(=O)NCCCCN)c1. The number of unbranched alkanes of at least 4 members (excludes halogenated alkanes) is 1. The highest BCUT2D eigenvalue weighted by atomic mass is 35.5. The summed E-state index contributed by atoms with van der Waals surface area (Å²) in [4.78, 5) is 11.7. The summed E-state index contributed by atoms with van der Waals surface area (Å²) in [5, 5.41) is 3.42. The Bertz CT molecular complexity index is 346. The van der Waals surface area contributed by atoms with Crippen molar-refractivity contribution in [2.75, 3.05) is 13.1 Å². The fourth-order valence-electron chi connectivity index (χ4n) is 1.44. The van der Waals surface area contributed by atoms with E-state index in [4.69, 9.17) is 17.3 Å². The number of nitrogens with two attached hydrogens (primary N) is 1. The molecule has 88 valence electrons. The second kappa shape index (κ2) is 6.51. The van der Waals surface area contributed by atoms with Gasteiger partial charge in [-0.25, -0.2) is 0 Å². The summed E-state index contributed by atoms with van der Waals surface area (Å²) in [5.74, 6) is -0.0809. The zero-order chi connectivity index (χ0) is 12.0. The lowest BCUT2D eigenvalue weighted by atomic mass is 10.1. The van der Waals surface area contributed by atoms with Crippen LogP contribution in [0.1, 0.15) is 28.8 Å². The molecule has 0 spiro atoms. The van der Waals surface area contributed by atoms with E-state index in [-0.39, 0.29) is 5.91 Å². The van der Waals surface area contributed by atoms with E-state index >= 15 is 0 Å². The Morgan fingerprint density at radius 2 is 2.12 bits per heavy atom. The summed E-state index contributed by atoms with van der Waals surface area (Å²) in [6, 6.07) is 5.32. The average molecular weight is 241 g/mol. The summed E-state index contributed by atoms with van der Waals surface area (Å²) in [5.41, 5.74) is 6.96. The number of amides is 1. The highest BCUT2D eigenvalue weighted by Gasteiger charge is 2.05. The Kier molecular flexibility index (Phi) is 5.29. The quantitative estimate of drug-likeness (QED) is 0.775. The third-order valence-electron chi connectivity index (χ3n) is 2.22. The van der Waals surface area contributed by atoms with Crippen molar-refractivity contribution in [1.29, 1.82) is 0 Å². The molecule has 16 heavy (non-hydrogen) atoms. The fourth-order valence-corrected chi connectivity index (χ4v) is 1.73. The summed E-state index contributed by atoms with van der Waals surface area (Å²) in [6.45, 7) is 3.23. The van der Waals surface area contributed by atoms with Gasteiger partial charge in [-0.2, -0.15) is 0 Å². The van der Waals surface area contributed by atoms with Gasteiger partial charge in [-0.3, -0.25) is 4.79 Å². The number of carbonyl (C=O) groups excluding carboxylic acids is 1. The Hall–Kier alpha value is -1.06.